The molecule has 0 aliphatic heterocycles. The lowest BCUT2D eigenvalue weighted by molar-refractivity contribution is 0.172. The van der Waals surface area contributed by atoms with Gasteiger partial charge in [-0.05, 0) is 49.9 Å². The Kier molecular flexibility index (Phi) is 7.48. The summed E-state index contributed by atoms with van der Waals surface area (Å²) in [5.41, 5.74) is 1.21. The molecule has 1 atom stereocenters. The van der Waals surface area contributed by atoms with Crippen LogP contribution >= 0.6 is 0 Å². The maximum Gasteiger partial charge on any atom is 0.268 e. The molecule has 8 heteroatoms. The Bertz CT molecular complexity index is 1130. The molecule has 3 rings (SSSR count). The van der Waals surface area contributed by atoms with Crippen molar-refractivity contribution in [2.45, 2.75) is 24.3 Å². The van der Waals surface area contributed by atoms with Gasteiger partial charge in [-0.2, -0.15) is 0 Å². The fourth-order valence-electron chi connectivity index (χ4n) is 3.16. The van der Waals surface area contributed by atoms with Crippen molar-refractivity contribution in [3.8, 4) is 17.0 Å². The van der Waals surface area contributed by atoms with E-state index >= 15 is 0 Å². The minimum Gasteiger partial charge on any atom is -0.493 e. The summed E-state index contributed by atoms with van der Waals surface area (Å²) in [6, 6.07) is 14.0. The Hall–Kier alpha value is -2.68. The second kappa shape index (κ2) is 10.1. The summed E-state index contributed by atoms with van der Waals surface area (Å²) in [5, 5.41) is 3.09. The highest BCUT2D eigenvalue weighted by Gasteiger charge is 2.24. The van der Waals surface area contributed by atoms with E-state index in [1.807, 2.05) is 6.92 Å². The molecule has 0 saturated heterocycles. The van der Waals surface area contributed by atoms with Crippen LogP contribution in [0.3, 0.4) is 0 Å². The van der Waals surface area contributed by atoms with Gasteiger partial charge in [0.15, 0.2) is 0 Å². The molecular formula is C23H27FN2O4S. The number of aromatic nitrogens is 1. The average Bonchev–Trinajstić information content (AvgIpc) is 3.23. The molecule has 1 N–H and O–H groups in total. The van der Waals surface area contributed by atoms with E-state index in [0.29, 0.717) is 25.4 Å². The first-order chi connectivity index (χ1) is 14.9. The molecule has 166 valence electrons. The molecule has 31 heavy (non-hydrogen) atoms. The Morgan fingerprint density at radius 1 is 1.10 bits per heavy atom. The minimum absolute atomic E-state index is 0.0635. The van der Waals surface area contributed by atoms with Crippen molar-refractivity contribution in [1.29, 1.82) is 0 Å². The fraction of sp³-hybridized carbons (Fsp3) is 0.304. The van der Waals surface area contributed by atoms with Gasteiger partial charge >= 0.3 is 0 Å². The molecule has 0 fully saturated rings. The van der Waals surface area contributed by atoms with Gasteiger partial charge in [0.1, 0.15) is 11.6 Å². The molecule has 1 heterocycles. The van der Waals surface area contributed by atoms with E-state index in [-0.39, 0.29) is 22.2 Å². The molecule has 0 radical (unpaired) electrons. The van der Waals surface area contributed by atoms with E-state index in [9.17, 15) is 12.8 Å². The summed E-state index contributed by atoms with van der Waals surface area (Å²) >= 11 is 0. The van der Waals surface area contributed by atoms with Crippen molar-refractivity contribution in [3.63, 3.8) is 0 Å². The maximum atomic E-state index is 14.6. The van der Waals surface area contributed by atoms with Crippen LogP contribution in [-0.2, 0) is 14.8 Å². The predicted octanol–water partition coefficient (Wildman–Crippen LogP) is 4.23. The number of methoxy groups -OCH3 is 1. The number of ether oxygens (including phenoxy) is 2. The maximum absolute atomic E-state index is 14.6. The lowest BCUT2D eigenvalue weighted by Crippen LogP contribution is -2.15. The Labute approximate surface area is 182 Å². The monoisotopic (exact) mass is 446 g/mol. The van der Waals surface area contributed by atoms with Crippen LogP contribution in [0, 0.1) is 5.82 Å². The third-order valence-electron chi connectivity index (χ3n) is 5.01. The molecule has 2 aromatic carbocycles. The zero-order chi connectivity index (χ0) is 22.4. The number of hydrogen-bond acceptors (Lipinski definition) is 5. The van der Waals surface area contributed by atoms with Crippen LogP contribution in [0.2, 0.25) is 0 Å². The highest BCUT2D eigenvalue weighted by Crippen LogP contribution is 2.31. The SMILES string of the molecule is CNC(C)c1cc(-c2ccccc2F)n(S(=O)(=O)c2cccc(OCCCOC)c2)c1. The molecule has 3 aromatic rings. The van der Waals surface area contributed by atoms with Crippen LogP contribution in [0.1, 0.15) is 24.9 Å². The van der Waals surface area contributed by atoms with Crippen LogP contribution < -0.4 is 10.1 Å². The van der Waals surface area contributed by atoms with Gasteiger partial charge in [0.25, 0.3) is 10.0 Å². The van der Waals surface area contributed by atoms with E-state index in [1.165, 1.54) is 24.4 Å². The molecule has 0 aliphatic rings. The van der Waals surface area contributed by atoms with E-state index in [1.54, 1.807) is 50.6 Å². The number of nitrogens with zero attached hydrogens (tertiary/aromatic N) is 1. The molecule has 0 spiro atoms. The van der Waals surface area contributed by atoms with E-state index in [0.717, 1.165) is 9.54 Å². The smallest absolute Gasteiger partial charge is 0.268 e. The lowest BCUT2D eigenvalue weighted by Gasteiger charge is -2.13. The normalized spacial score (nSPS) is 12.6. The summed E-state index contributed by atoms with van der Waals surface area (Å²) in [7, 11) is -0.603. The van der Waals surface area contributed by atoms with Crippen molar-refractivity contribution in [3.05, 3.63) is 72.2 Å². The van der Waals surface area contributed by atoms with Crippen LogP contribution in [0.15, 0.2) is 65.7 Å². The van der Waals surface area contributed by atoms with Crippen molar-refractivity contribution in [2.75, 3.05) is 27.4 Å². The molecule has 0 aliphatic carbocycles. The second-order valence-corrected chi connectivity index (χ2v) is 8.93. The first kappa shape index (κ1) is 23.0. The van der Waals surface area contributed by atoms with Crippen molar-refractivity contribution >= 4 is 10.0 Å². The Morgan fingerprint density at radius 3 is 2.58 bits per heavy atom. The number of benzene rings is 2. The summed E-state index contributed by atoms with van der Waals surface area (Å²) in [6.07, 6.45) is 2.22. The Balaban J connectivity index is 2.05. The standard InChI is InChI=1S/C23H27FN2O4S/c1-17(25-2)18-14-23(21-10-4-5-11-22(21)24)26(16-18)31(27,28)20-9-6-8-19(15-20)30-13-7-12-29-3/h4-6,8-11,14-17,25H,7,12-13H2,1-3H3. The first-order valence-corrected chi connectivity index (χ1v) is 11.4. The summed E-state index contributed by atoms with van der Waals surface area (Å²) in [5.74, 6) is -0.0449. The zero-order valence-corrected chi connectivity index (χ0v) is 18.7. The van der Waals surface area contributed by atoms with Gasteiger partial charge < -0.3 is 14.8 Å². The highest BCUT2D eigenvalue weighted by molar-refractivity contribution is 7.90. The molecule has 0 amide bonds. The minimum atomic E-state index is -4.00. The predicted molar refractivity (Wildman–Crippen MR) is 118 cm³/mol. The van der Waals surface area contributed by atoms with E-state index in [2.05, 4.69) is 5.32 Å². The van der Waals surface area contributed by atoms with Gasteiger partial charge in [-0.3, -0.25) is 0 Å². The molecule has 0 saturated carbocycles. The lowest BCUT2D eigenvalue weighted by atomic mass is 10.1. The zero-order valence-electron chi connectivity index (χ0n) is 17.8. The molecule has 1 unspecified atom stereocenters. The highest BCUT2D eigenvalue weighted by atomic mass is 32.2. The number of nitrogens with one attached hydrogen (secondary N) is 1. The van der Waals surface area contributed by atoms with Gasteiger partial charge in [-0.15, -0.1) is 0 Å². The van der Waals surface area contributed by atoms with Crippen LogP contribution in [-0.4, -0.2) is 39.8 Å². The third-order valence-corrected chi connectivity index (χ3v) is 6.68. The van der Waals surface area contributed by atoms with Gasteiger partial charge in [0, 0.05) is 44.0 Å². The summed E-state index contributed by atoms with van der Waals surface area (Å²) in [4.78, 5) is 0.0635. The van der Waals surface area contributed by atoms with Gasteiger partial charge in [0.05, 0.1) is 17.2 Å². The average molecular weight is 447 g/mol. The van der Waals surface area contributed by atoms with Gasteiger partial charge in [0.2, 0.25) is 0 Å². The molecule has 1 aromatic heterocycles. The second-order valence-electron chi connectivity index (χ2n) is 7.12. The number of halogens is 1. The summed E-state index contributed by atoms with van der Waals surface area (Å²) < 4.78 is 53.4. The van der Waals surface area contributed by atoms with Gasteiger partial charge in [-0.1, -0.05) is 18.2 Å². The van der Waals surface area contributed by atoms with Crippen molar-refractivity contribution in [2.24, 2.45) is 0 Å². The van der Waals surface area contributed by atoms with E-state index < -0.39 is 15.8 Å². The largest absolute Gasteiger partial charge is 0.493 e. The molecular weight excluding hydrogens is 419 g/mol. The Morgan fingerprint density at radius 2 is 1.87 bits per heavy atom. The molecule has 0 bridgehead atoms. The van der Waals surface area contributed by atoms with Crippen molar-refractivity contribution in [1.82, 2.24) is 9.29 Å². The summed E-state index contributed by atoms with van der Waals surface area (Å²) in [6.45, 7) is 2.87. The van der Waals surface area contributed by atoms with Crippen LogP contribution in [0.5, 0.6) is 5.75 Å². The molecule has 6 nitrogen and oxygen atoms in total. The quantitative estimate of drug-likeness (QED) is 0.472. The number of rotatable bonds is 10. The van der Waals surface area contributed by atoms with Crippen LogP contribution in [0.25, 0.3) is 11.3 Å². The van der Waals surface area contributed by atoms with Crippen LogP contribution in [0.4, 0.5) is 4.39 Å². The fourth-order valence-corrected chi connectivity index (χ4v) is 4.58. The topological polar surface area (TPSA) is 69.6 Å². The van der Waals surface area contributed by atoms with E-state index in [4.69, 9.17) is 9.47 Å². The van der Waals surface area contributed by atoms with Crippen molar-refractivity contribution < 1.29 is 22.3 Å². The third kappa shape index (κ3) is 5.15. The first-order valence-electron chi connectivity index (χ1n) is 10.00. The number of hydrogen-bond donors (Lipinski definition) is 1. The van der Waals surface area contributed by atoms with Gasteiger partial charge in [-0.25, -0.2) is 16.8 Å².